The van der Waals surface area contributed by atoms with Gasteiger partial charge in [0, 0.05) is 17.8 Å². The lowest BCUT2D eigenvalue weighted by Crippen LogP contribution is -2.37. The van der Waals surface area contributed by atoms with Crippen LogP contribution in [0.1, 0.15) is 26.7 Å². The second kappa shape index (κ2) is 4.52. The molecular weight excluding hydrogens is 188 g/mol. The summed E-state index contributed by atoms with van der Waals surface area (Å²) in [6.45, 7) is 6.76. The van der Waals surface area contributed by atoms with Crippen molar-refractivity contribution >= 4 is 5.91 Å². The van der Waals surface area contributed by atoms with Crippen molar-refractivity contribution in [1.29, 1.82) is 0 Å². The van der Waals surface area contributed by atoms with Crippen molar-refractivity contribution in [3.63, 3.8) is 0 Å². The first-order valence-electron chi connectivity index (χ1n) is 5.97. The van der Waals surface area contributed by atoms with Gasteiger partial charge in [-0.25, -0.2) is 0 Å². The van der Waals surface area contributed by atoms with E-state index in [0.29, 0.717) is 11.8 Å². The maximum absolute atomic E-state index is 11.2. The molecule has 1 aliphatic rings. The van der Waals surface area contributed by atoms with E-state index in [1.807, 2.05) is 0 Å². The molecule has 3 nitrogen and oxygen atoms in total. The highest BCUT2D eigenvalue weighted by Gasteiger charge is 2.38. The average Bonchev–Trinajstić information content (AvgIpc) is 2.34. The van der Waals surface area contributed by atoms with Gasteiger partial charge in [-0.3, -0.25) is 4.79 Å². The molecule has 0 aromatic carbocycles. The van der Waals surface area contributed by atoms with Crippen LogP contribution in [0.15, 0.2) is 0 Å². The minimum atomic E-state index is -0.123. The number of carbonyl (C=O) groups is 1. The van der Waals surface area contributed by atoms with Crippen LogP contribution >= 0.6 is 0 Å². The van der Waals surface area contributed by atoms with E-state index in [9.17, 15) is 4.79 Å². The van der Waals surface area contributed by atoms with Crippen LogP contribution in [-0.4, -0.2) is 37.6 Å². The Morgan fingerprint density at radius 2 is 2.07 bits per heavy atom. The molecule has 3 atom stereocenters. The van der Waals surface area contributed by atoms with Crippen LogP contribution in [0.4, 0.5) is 0 Å². The van der Waals surface area contributed by atoms with Gasteiger partial charge < -0.3 is 10.2 Å². The molecule has 0 saturated carbocycles. The molecule has 0 aromatic rings. The van der Waals surface area contributed by atoms with Gasteiger partial charge in [-0.2, -0.15) is 0 Å². The molecule has 1 heterocycles. The van der Waals surface area contributed by atoms with Gasteiger partial charge in [-0.05, 0) is 12.8 Å². The van der Waals surface area contributed by atoms with Gasteiger partial charge in [-0.15, -0.1) is 0 Å². The highest BCUT2D eigenvalue weighted by Crippen LogP contribution is 2.32. The summed E-state index contributed by atoms with van der Waals surface area (Å²) in [6.07, 6.45) is 1.86. The number of primary amides is 1. The summed E-state index contributed by atoms with van der Waals surface area (Å²) in [5.74, 6) is 1.34. The van der Waals surface area contributed by atoms with Crippen molar-refractivity contribution in [3.8, 4) is 0 Å². The Morgan fingerprint density at radius 3 is 2.40 bits per heavy atom. The SMILES string of the molecule is CCC(CC1C[N+](C)(C)CC1C)C(N)=O. The topological polar surface area (TPSA) is 43.1 Å². The lowest BCUT2D eigenvalue weighted by atomic mass is 9.86. The number of hydrogen-bond acceptors (Lipinski definition) is 1. The quantitative estimate of drug-likeness (QED) is 0.701. The van der Waals surface area contributed by atoms with Crippen LogP contribution in [-0.2, 0) is 4.79 Å². The standard InChI is InChI=1S/C12H24N2O/c1-5-10(12(13)15)6-11-8-14(3,4)7-9(11)2/h9-11H,5-8H2,1-4H3,(H-,13,15)/p+1. The van der Waals surface area contributed by atoms with Crippen molar-refractivity contribution in [1.82, 2.24) is 0 Å². The van der Waals surface area contributed by atoms with Crippen molar-refractivity contribution in [2.75, 3.05) is 27.2 Å². The molecular formula is C12H25N2O+. The monoisotopic (exact) mass is 213 g/mol. The van der Waals surface area contributed by atoms with E-state index >= 15 is 0 Å². The van der Waals surface area contributed by atoms with E-state index in [0.717, 1.165) is 17.3 Å². The molecule has 0 spiro atoms. The Balaban J connectivity index is 2.55. The summed E-state index contributed by atoms with van der Waals surface area (Å²) in [6, 6.07) is 0. The molecule has 1 fully saturated rings. The van der Waals surface area contributed by atoms with Crippen LogP contribution in [0.2, 0.25) is 0 Å². The van der Waals surface area contributed by atoms with E-state index in [-0.39, 0.29) is 11.8 Å². The summed E-state index contributed by atoms with van der Waals surface area (Å²) < 4.78 is 1.08. The van der Waals surface area contributed by atoms with E-state index < -0.39 is 0 Å². The zero-order valence-electron chi connectivity index (χ0n) is 10.5. The van der Waals surface area contributed by atoms with Gasteiger partial charge in [-0.1, -0.05) is 13.8 Å². The van der Waals surface area contributed by atoms with Crippen LogP contribution in [0.5, 0.6) is 0 Å². The number of quaternary nitrogens is 1. The minimum Gasteiger partial charge on any atom is -0.369 e. The molecule has 1 aliphatic heterocycles. The molecule has 0 bridgehead atoms. The van der Waals surface area contributed by atoms with Gasteiger partial charge in [0.15, 0.2) is 0 Å². The third kappa shape index (κ3) is 3.20. The third-order valence-corrected chi connectivity index (χ3v) is 3.80. The lowest BCUT2D eigenvalue weighted by molar-refractivity contribution is -0.880. The zero-order chi connectivity index (χ0) is 11.6. The Hall–Kier alpha value is -0.570. The second-order valence-corrected chi connectivity index (χ2v) is 5.78. The van der Waals surface area contributed by atoms with Crippen LogP contribution < -0.4 is 5.73 Å². The minimum absolute atomic E-state index is 0.0792. The van der Waals surface area contributed by atoms with E-state index in [1.54, 1.807) is 0 Å². The number of nitrogens with zero attached hydrogens (tertiary/aromatic N) is 1. The molecule has 1 amide bonds. The second-order valence-electron chi connectivity index (χ2n) is 5.78. The van der Waals surface area contributed by atoms with E-state index in [4.69, 9.17) is 5.73 Å². The fourth-order valence-electron chi connectivity index (χ4n) is 2.97. The van der Waals surface area contributed by atoms with Gasteiger partial charge >= 0.3 is 0 Å². The molecule has 3 unspecified atom stereocenters. The Morgan fingerprint density at radius 1 is 1.47 bits per heavy atom. The summed E-state index contributed by atoms with van der Waals surface area (Å²) in [7, 11) is 4.53. The third-order valence-electron chi connectivity index (χ3n) is 3.80. The molecule has 0 aliphatic carbocycles. The van der Waals surface area contributed by atoms with Crippen molar-refractivity contribution in [2.24, 2.45) is 23.5 Å². The molecule has 1 rings (SSSR count). The number of carbonyl (C=O) groups excluding carboxylic acids is 1. The van der Waals surface area contributed by atoms with Gasteiger partial charge in [0.1, 0.15) is 0 Å². The summed E-state index contributed by atoms with van der Waals surface area (Å²) >= 11 is 0. The smallest absolute Gasteiger partial charge is 0.220 e. The molecule has 0 radical (unpaired) electrons. The molecule has 1 saturated heterocycles. The predicted molar refractivity (Wildman–Crippen MR) is 62.1 cm³/mol. The molecule has 3 heteroatoms. The fraction of sp³-hybridized carbons (Fsp3) is 0.917. The van der Waals surface area contributed by atoms with Gasteiger partial charge in [0.25, 0.3) is 0 Å². The lowest BCUT2D eigenvalue weighted by Gasteiger charge is -2.24. The average molecular weight is 213 g/mol. The van der Waals surface area contributed by atoms with Crippen LogP contribution in [0.3, 0.4) is 0 Å². The summed E-state index contributed by atoms with van der Waals surface area (Å²) in [5, 5.41) is 0. The first kappa shape index (κ1) is 12.5. The highest BCUT2D eigenvalue weighted by atomic mass is 16.1. The van der Waals surface area contributed by atoms with E-state index in [1.165, 1.54) is 13.1 Å². The molecule has 2 N–H and O–H groups in total. The van der Waals surface area contributed by atoms with Crippen LogP contribution in [0, 0.1) is 17.8 Å². The first-order valence-corrected chi connectivity index (χ1v) is 5.97. The molecule has 88 valence electrons. The maximum Gasteiger partial charge on any atom is 0.220 e. The van der Waals surface area contributed by atoms with E-state index in [2.05, 4.69) is 27.9 Å². The van der Waals surface area contributed by atoms with Crippen LogP contribution in [0.25, 0.3) is 0 Å². The number of rotatable bonds is 4. The summed E-state index contributed by atoms with van der Waals surface area (Å²) in [4.78, 5) is 11.2. The van der Waals surface area contributed by atoms with Crippen molar-refractivity contribution < 1.29 is 9.28 Å². The Kier molecular flexibility index (Phi) is 3.77. The maximum atomic E-state index is 11.2. The van der Waals surface area contributed by atoms with Crippen molar-refractivity contribution in [3.05, 3.63) is 0 Å². The number of likely N-dealkylation sites (tertiary alicyclic amines) is 1. The first-order chi connectivity index (χ1) is 6.85. The highest BCUT2D eigenvalue weighted by molar-refractivity contribution is 5.76. The predicted octanol–water partition coefficient (Wildman–Crippen LogP) is 1.23. The summed E-state index contributed by atoms with van der Waals surface area (Å²) in [5.41, 5.74) is 5.39. The Bertz CT molecular complexity index is 238. The zero-order valence-corrected chi connectivity index (χ0v) is 10.5. The fourth-order valence-corrected chi connectivity index (χ4v) is 2.97. The number of nitrogens with two attached hydrogens (primary N) is 1. The van der Waals surface area contributed by atoms with Crippen molar-refractivity contribution in [2.45, 2.75) is 26.7 Å². The normalized spacial score (nSPS) is 31.5. The Labute approximate surface area is 93.2 Å². The number of hydrogen-bond donors (Lipinski definition) is 1. The molecule has 15 heavy (non-hydrogen) atoms. The largest absolute Gasteiger partial charge is 0.369 e. The number of amides is 1. The molecule has 0 aromatic heterocycles. The van der Waals surface area contributed by atoms with Gasteiger partial charge in [0.05, 0.1) is 27.2 Å². The van der Waals surface area contributed by atoms with Gasteiger partial charge in [0.2, 0.25) is 5.91 Å².